The van der Waals surface area contributed by atoms with E-state index in [2.05, 4.69) is 91.6 Å². The third-order valence-electron chi connectivity index (χ3n) is 12.3. The fourth-order valence-electron chi connectivity index (χ4n) is 8.66. The van der Waals surface area contributed by atoms with Crippen LogP contribution in [0, 0.1) is 6.92 Å². The van der Waals surface area contributed by atoms with Crippen molar-refractivity contribution in [2.24, 2.45) is 0 Å². The highest BCUT2D eigenvalue weighted by atomic mass is 28.4. The number of aromatic amines is 1. The number of nitrogens with zero attached hydrogens (tertiary/aromatic N) is 4. The fraction of sp³-hybridized carbons (Fsp3) is 0.346. The molecule has 0 spiro atoms. The van der Waals surface area contributed by atoms with Crippen LogP contribution in [-0.4, -0.2) is 99.8 Å². The number of hydrogen-bond acceptors (Lipinski definition) is 8. The van der Waals surface area contributed by atoms with Gasteiger partial charge in [0.1, 0.15) is 22.8 Å². The number of imidazole rings is 1. The van der Waals surface area contributed by atoms with Crippen molar-refractivity contribution in [1.82, 2.24) is 19.8 Å². The molecule has 1 aliphatic rings. The van der Waals surface area contributed by atoms with Crippen LogP contribution in [0.1, 0.15) is 78.6 Å². The van der Waals surface area contributed by atoms with Gasteiger partial charge >= 0.3 is 0 Å². The number of H-pyrrole nitrogens is 1. The zero-order valence-electron chi connectivity index (χ0n) is 38.8. The van der Waals surface area contributed by atoms with Crippen LogP contribution in [0.25, 0.3) is 11.0 Å². The summed E-state index contributed by atoms with van der Waals surface area (Å²) < 4.78 is 19.1. The van der Waals surface area contributed by atoms with Gasteiger partial charge in [0.15, 0.2) is 0 Å². The molecule has 2 N–H and O–H groups in total. The Morgan fingerprint density at radius 3 is 2.17 bits per heavy atom. The number of ether oxygens (including phenoxy) is 2. The summed E-state index contributed by atoms with van der Waals surface area (Å²) in [5, 5.41) is 5.18. The minimum Gasteiger partial charge on any atom is -0.496 e. The number of methoxy groups -OCH3 is 1. The van der Waals surface area contributed by atoms with Crippen molar-refractivity contribution in [3.63, 3.8) is 0 Å². The average Bonchev–Trinajstić information content (AvgIpc) is 3.74. The number of unbranched alkanes of at least 4 members (excludes halogenated alkanes) is 2. The second-order valence-corrected chi connectivity index (χ2v) is 22.2. The maximum atomic E-state index is 14.0. The van der Waals surface area contributed by atoms with Gasteiger partial charge in [0, 0.05) is 45.2 Å². The number of carbonyl (C=O) groups excluding carboxylic acids is 3. The molecule has 1 aliphatic heterocycles. The number of aryl methyl sites for hydroxylation is 1. The number of likely N-dealkylation sites (N-methyl/N-ethyl adjacent to an activating group) is 1. The Hall–Kier alpha value is -6.28. The van der Waals surface area contributed by atoms with E-state index in [0.29, 0.717) is 47.1 Å². The lowest BCUT2D eigenvalue weighted by Crippen LogP contribution is -2.66. The highest BCUT2D eigenvalue weighted by Gasteiger charge is 2.50. The molecular formula is C52H62N6O6Si. The summed E-state index contributed by atoms with van der Waals surface area (Å²) in [6.07, 6.45) is 3.01. The number of nitrogens with one attached hydrogen (secondary N) is 2. The monoisotopic (exact) mass is 894 g/mol. The van der Waals surface area contributed by atoms with Gasteiger partial charge in [-0.25, -0.2) is 4.98 Å². The normalized spacial score (nSPS) is 13.4. The van der Waals surface area contributed by atoms with Crippen LogP contribution in [0.3, 0.4) is 0 Å². The molecule has 6 aromatic rings. The predicted molar refractivity (Wildman–Crippen MR) is 261 cm³/mol. The Morgan fingerprint density at radius 2 is 1.51 bits per heavy atom. The van der Waals surface area contributed by atoms with Crippen molar-refractivity contribution in [3.05, 3.63) is 138 Å². The third-order valence-corrected chi connectivity index (χ3v) is 17.3. The average molecular weight is 895 g/mol. The van der Waals surface area contributed by atoms with Crippen molar-refractivity contribution in [2.75, 3.05) is 64.2 Å². The summed E-state index contributed by atoms with van der Waals surface area (Å²) in [7, 11) is 2.44. The molecule has 12 nitrogen and oxygen atoms in total. The summed E-state index contributed by atoms with van der Waals surface area (Å²) in [6, 6.07) is 37.1. The first kappa shape index (κ1) is 46.7. The number of para-hydroxylation sites is 1. The molecule has 0 bridgehead atoms. The predicted octanol–water partition coefficient (Wildman–Crippen LogP) is 8.20. The minimum atomic E-state index is -2.83. The molecule has 340 valence electrons. The molecule has 13 heteroatoms. The van der Waals surface area contributed by atoms with E-state index in [0.717, 1.165) is 56.5 Å². The van der Waals surface area contributed by atoms with Gasteiger partial charge in [0.05, 0.1) is 42.8 Å². The summed E-state index contributed by atoms with van der Waals surface area (Å²) in [6.45, 7) is 12.8. The maximum absolute atomic E-state index is 14.0. The van der Waals surface area contributed by atoms with Gasteiger partial charge in [-0.2, -0.15) is 0 Å². The highest BCUT2D eigenvalue weighted by molar-refractivity contribution is 6.99. The molecule has 1 saturated heterocycles. The van der Waals surface area contributed by atoms with Crippen LogP contribution < -0.4 is 30.1 Å². The lowest BCUT2D eigenvalue weighted by molar-refractivity contribution is -0.132. The molecule has 3 amide bonds. The van der Waals surface area contributed by atoms with Gasteiger partial charge in [0.25, 0.3) is 20.1 Å². The molecule has 1 fully saturated rings. The zero-order chi connectivity index (χ0) is 46.1. The van der Waals surface area contributed by atoms with Crippen molar-refractivity contribution in [1.29, 1.82) is 0 Å². The Bertz CT molecular complexity index is 2550. The second-order valence-electron chi connectivity index (χ2n) is 17.9. The van der Waals surface area contributed by atoms with Crippen LogP contribution in [-0.2, 0) is 15.8 Å². The molecule has 7 rings (SSSR count). The minimum absolute atomic E-state index is 0.206. The molecule has 2 heterocycles. The van der Waals surface area contributed by atoms with Crippen molar-refractivity contribution in [3.8, 4) is 11.5 Å². The molecule has 0 saturated carbocycles. The van der Waals surface area contributed by atoms with E-state index in [9.17, 15) is 14.4 Å². The topological polar surface area (TPSA) is 129 Å². The van der Waals surface area contributed by atoms with Crippen LogP contribution in [0.4, 0.5) is 11.4 Å². The van der Waals surface area contributed by atoms with E-state index in [-0.39, 0.29) is 34.8 Å². The molecule has 5 aromatic carbocycles. The van der Waals surface area contributed by atoms with Crippen molar-refractivity contribution >= 4 is 58.8 Å². The number of piperazine rings is 1. The van der Waals surface area contributed by atoms with E-state index in [1.807, 2.05) is 60.4 Å². The molecule has 0 radical (unpaired) electrons. The molecule has 65 heavy (non-hydrogen) atoms. The van der Waals surface area contributed by atoms with E-state index in [4.69, 9.17) is 18.9 Å². The van der Waals surface area contributed by atoms with Gasteiger partial charge in [-0.1, -0.05) is 93.6 Å². The molecule has 0 atom stereocenters. The number of carbonyl (C=O) groups is 3. The first-order chi connectivity index (χ1) is 31.3. The zero-order valence-corrected chi connectivity index (χ0v) is 39.8. The lowest BCUT2D eigenvalue weighted by atomic mass is 10.1. The third kappa shape index (κ3) is 10.6. The quantitative estimate of drug-likeness (QED) is 0.0693. The smallest absolute Gasteiger partial charge is 0.261 e. The SMILES string of the molecule is COc1cc(C(=O)N(C)c2ccc(C)cc2OCCCCCC(=O)N2CCN(C)CC2)ccc1C(=O)Nc1cccc2[nH]c(CO[Si](c3ccccc3)(c3ccccc3)C(C)(C)C)nc12. The summed E-state index contributed by atoms with van der Waals surface area (Å²) in [4.78, 5) is 54.7. The Labute approximate surface area is 384 Å². The number of amides is 3. The van der Waals surface area contributed by atoms with Crippen LogP contribution >= 0.6 is 0 Å². The standard InChI is InChI=1S/C52H62N6O6Si/c1-37-25-28-44(46(34-37)63-33-16-10-15-24-48(59)58-31-29-56(5)30-32-58)57(6)51(61)38-26-27-41(45(35-38)62-7)50(60)54-43-23-17-22-42-49(43)55-47(53-42)36-64-65(52(2,3)4,39-18-11-8-12-19-39)40-20-13-9-14-21-40/h8-9,11-14,17-23,25-28,34-35H,10,15-16,24,29-33,36H2,1-7H3,(H,53,55)(H,54,60). The van der Waals surface area contributed by atoms with Gasteiger partial charge in [0.2, 0.25) is 5.91 Å². The van der Waals surface area contributed by atoms with Crippen LogP contribution in [0.2, 0.25) is 5.04 Å². The summed E-state index contributed by atoms with van der Waals surface area (Å²) in [5.74, 6) is 1.02. The number of rotatable bonds is 17. The molecule has 1 aromatic heterocycles. The van der Waals surface area contributed by atoms with Gasteiger partial charge in [-0.05, 0) is 96.7 Å². The van der Waals surface area contributed by atoms with E-state index in [1.165, 1.54) is 17.5 Å². The lowest BCUT2D eigenvalue weighted by Gasteiger charge is -2.42. The first-order valence-electron chi connectivity index (χ1n) is 22.5. The Morgan fingerprint density at radius 1 is 0.815 bits per heavy atom. The molecule has 0 unspecified atom stereocenters. The van der Waals surface area contributed by atoms with Crippen molar-refractivity contribution < 1.29 is 28.3 Å². The van der Waals surface area contributed by atoms with Gasteiger partial charge in [-0.15, -0.1) is 0 Å². The first-order valence-corrected chi connectivity index (χ1v) is 24.4. The largest absolute Gasteiger partial charge is 0.496 e. The maximum Gasteiger partial charge on any atom is 0.261 e. The van der Waals surface area contributed by atoms with E-state index in [1.54, 1.807) is 30.1 Å². The number of benzene rings is 5. The second kappa shape index (κ2) is 20.7. The molecule has 0 aliphatic carbocycles. The van der Waals surface area contributed by atoms with Crippen LogP contribution in [0.5, 0.6) is 11.5 Å². The van der Waals surface area contributed by atoms with Gasteiger partial charge in [-0.3, -0.25) is 14.4 Å². The highest BCUT2D eigenvalue weighted by Crippen LogP contribution is 2.38. The Kier molecular flexibility index (Phi) is 14.9. The number of aromatic nitrogens is 2. The van der Waals surface area contributed by atoms with Crippen molar-refractivity contribution in [2.45, 2.75) is 65.0 Å². The number of anilines is 2. The van der Waals surface area contributed by atoms with Crippen LogP contribution in [0.15, 0.2) is 115 Å². The fourth-order valence-corrected chi connectivity index (χ4v) is 13.2. The molecular weight excluding hydrogens is 833 g/mol. The van der Waals surface area contributed by atoms with Gasteiger partial charge < -0.3 is 38.9 Å². The summed E-state index contributed by atoms with van der Waals surface area (Å²) >= 11 is 0. The number of fused-ring (bicyclic) bond motifs is 1. The Balaban J connectivity index is 1.01. The summed E-state index contributed by atoms with van der Waals surface area (Å²) in [5.41, 5.74) is 4.11. The van der Waals surface area contributed by atoms with E-state index < -0.39 is 14.2 Å². The number of hydrogen-bond donors (Lipinski definition) is 2. The van der Waals surface area contributed by atoms with E-state index >= 15 is 0 Å².